The molecule has 0 atom stereocenters. The van der Waals surface area contributed by atoms with Crippen LogP contribution in [0, 0.1) is 0 Å². The van der Waals surface area contributed by atoms with Crippen molar-refractivity contribution in [2.45, 2.75) is 0 Å². The number of nitrogens with zero attached hydrogens (tertiary/aromatic N) is 3. The van der Waals surface area contributed by atoms with Gasteiger partial charge in [0.15, 0.2) is 0 Å². The molecule has 0 aliphatic heterocycles. The Morgan fingerprint density at radius 1 is 0.875 bits per heavy atom. The highest BCUT2D eigenvalue weighted by atomic mass is 35.5. The van der Waals surface area contributed by atoms with Gasteiger partial charge in [-0.15, -0.1) is 0 Å². The highest BCUT2D eigenvalue weighted by molar-refractivity contribution is 6.33. The molecule has 0 saturated heterocycles. The Bertz CT molecular complexity index is 1460. The molecule has 0 amide bonds. The molecule has 7 heteroatoms. The van der Waals surface area contributed by atoms with E-state index in [0.717, 1.165) is 33.2 Å². The minimum atomic E-state index is 0.613. The fourth-order valence-corrected chi connectivity index (χ4v) is 3.85. The van der Waals surface area contributed by atoms with Crippen molar-refractivity contribution < 1.29 is 9.47 Å². The summed E-state index contributed by atoms with van der Waals surface area (Å²) in [4.78, 5) is 13.6. The van der Waals surface area contributed by atoms with Crippen LogP contribution in [-0.4, -0.2) is 29.2 Å². The first-order chi connectivity index (χ1) is 15.7. The van der Waals surface area contributed by atoms with Crippen molar-refractivity contribution in [3.8, 4) is 22.8 Å². The van der Waals surface area contributed by atoms with E-state index in [0.29, 0.717) is 27.9 Å². The lowest BCUT2D eigenvalue weighted by Crippen LogP contribution is -1.99. The van der Waals surface area contributed by atoms with Crippen molar-refractivity contribution >= 4 is 44.9 Å². The van der Waals surface area contributed by atoms with E-state index in [1.54, 1.807) is 20.3 Å². The summed E-state index contributed by atoms with van der Waals surface area (Å²) in [7, 11) is 3.21. The molecule has 0 unspecified atom stereocenters. The predicted octanol–water partition coefficient (Wildman–Crippen LogP) is 6.26. The van der Waals surface area contributed by atoms with Crippen LogP contribution in [0.5, 0.6) is 11.5 Å². The number of hydrogen-bond donors (Lipinski definition) is 1. The number of nitrogens with one attached hydrogen (secondary N) is 1. The zero-order valence-corrected chi connectivity index (χ0v) is 18.2. The molecule has 1 N–H and O–H groups in total. The number of hydrogen-bond acceptors (Lipinski definition) is 6. The molecular weight excluding hydrogens is 424 g/mol. The van der Waals surface area contributed by atoms with Crippen molar-refractivity contribution in [2.24, 2.45) is 0 Å². The van der Waals surface area contributed by atoms with Crippen LogP contribution in [0.3, 0.4) is 0 Å². The first-order valence-electron chi connectivity index (χ1n) is 9.96. The van der Waals surface area contributed by atoms with Crippen molar-refractivity contribution in [3.05, 3.63) is 78.1 Å². The molecule has 32 heavy (non-hydrogen) atoms. The topological polar surface area (TPSA) is 69.2 Å². The van der Waals surface area contributed by atoms with Crippen LogP contribution in [0.25, 0.3) is 33.1 Å². The quantitative estimate of drug-likeness (QED) is 0.346. The van der Waals surface area contributed by atoms with Crippen molar-refractivity contribution in [3.63, 3.8) is 0 Å². The Hall–Kier alpha value is -3.90. The SMILES string of the molecule is COc1cc(OC)c2ncnc(Nc3ccc(Cl)c(-c4ccc5ccccc5n4)c3)c2c1. The number of methoxy groups -OCH3 is 2. The molecule has 0 saturated carbocycles. The lowest BCUT2D eigenvalue weighted by Gasteiger charge is -2.13. The van der Waals surface area contributed by atoms with E-state index in [9.17, 15) is 0 Å². The van der Waals surface area contributed by atoms with Crippen LogP contribution in [0.15, 0.2) is 73.1 Å². The van der Waals surface area contributed by atoms with E-state index < -0.39 is 0 Å². The maximum absolute atomic E-state index is 6.53. The van der Waals surface area contributed by atoms with Gasteiger partial charge in [0.1, 0.15) is 29.2 Å². The molecule has 2 heterocycles. The Labute approximate surface area is 189 Å². The molecule has 6 nitrogen and oxygen atoms in total. The number of para-hydroxylation sites is 1. The summed E-state index contributed by atoms with van der Waals surface area (Å²) < 4.78 is 10.9. The summed E-state index contributed by atoms with van der Waals surface area (Å²) in [6.07, 6.45) is 1.50. The van der Waals surface area contributed by atoms with Crippen LogP contribution in [-0.2, 0) is 0 Å². The summed E-state index contributed by atoms with van der Waals surface area (Å²) in [6, 6.07) is 21.4. The number of ether oxygens (including phenoxy) is 2. The van der Waals surface area contributed by atoms with Crippen molar-refractivity contribution in [1.29, 1.82) is 0 Å². The van der Waals surface area contributed by atoms with Gasteiger partial charge in [0, 0.05) is 22.7 Å². The summed E-state index contributed by atoms with van der Waals surface area (Å²) in [5.41, 5.74) is 4.06. The minimum Gasteiger partial charge on any atom is -0.497 e. The molecule has 2 aromatic heterocycles. The van der Waals surface area contributed by atoms with Gasteiger partial charge in [0.2, 0.25) is 0 Å². The van der Waals surface area contributed by atoms with E-state index in [2.05, 4.69) is 15.3 Å². The van der Waals surface area contributed by atoms with E-state index in [4.69, 9.17) is 26.1 Å². The maximum Gasteiger partial charge on any atom is 0.148 e. The Kier molecular flexibility index (Phi) is 5.21. The fraction of sp³-hybridized carbons (Fsp3) is 0.0800. The van der Waals surface area contributed by atoms with Crippen molar-refractivity contribution in [1.82, 2.24) is 15.0 Å². The Morgan fingerprint density at radius 2 is 1.75 bits per heavy atom. The van der Waals surface area contributed by atoms with Gasteiger partial charge in [0.25, 0.3) is 0 Å². The molecule has 0 bridgehead atoms. The van der Waals surface area contributed by atoms with Crippen LogP contribution in [0.1, 0.15) is 0 Å². The fourth-order valence-electron chi connectivity index (χ4n) is 3.64. The number of anilines is 2. The third kappa shape index (κ3) is 3.65. The molecule has 158 valence electrons. The zero-order valence-electron chi connectivity index (χ0n) is 17.5. The van der Waals surface area contributed by atoms with E-state index >= 15 is 0 Å². The maximum atomic E-state index is 6.53. The van der Waals surface area contributed by atoms with Crippen LogP contribution in [0.4, 0.5) is 11.5 Å². The standard InChI is InChI=1S/C25H19ClN4O2/c1-31-17-12-19-24(23(13-17)32-2)27-14-28-25(19)29-16-8-9-20(26)18(11-16)22-10-7-15-5-3-4-6-21(15)30-22/h3-14H,1-2H3,(H,27,28,29). The molecule has 0 spiro atoms. The Morgan fingerprint density at radius 3 is 2.59 bits per heavy atom. The molecule has 5 aromatic rings. The van der Waals surface area contributed by atoms with Crippen LogP contribution < -0.4 is 14.8 Å². The number of benzene rings is 3. The van der Waals surface area contributed by atoms with Gasteiger partial charge in [-0.05, 0) is 36.4 Å². The average molecular weight is 443 g/mol. The van der Waals surface area contributed by atoms with Gasteiger partial charge in [0.05, 0.1) is 35.8 Å². The number of rotatable bonds is 5. The van der Waals surface area contributed by atoms with Crippen LogP contribution in [0.2, 0.25) is 5.02 Å². The molecule has 0 aliphatic rings. The third-order valence-electron chi connectivity index (χ3n) is 5.24. The van der Waals surface area contributed by atoms with Crippen LogP contribution >= 0.6 is 11.6 Å². The smallest absolute Gasteiger partial charge is 0.148 e. The summed E-state index contributed by atoms with van der Waals surface area (Å²) in [6.45, 7) is 0. The van der Waals surface area contributed by atoms with Gasteiger partial charge in [-0.3, -0.25) is 0 Å². The molecule has 5 rings (SSSR count). The molecule has 0 radical (unpaired) electrons. The van der Waals surface area contributed by atoms with Gasteiger partial charge in [-0.1, -0.05) is 35.9 Å². The normalized spacial score (nSPS) is 11.0. The highest BCUT2D eigenvalue weighted by Gasteiger charge is 2.13. The van der Waals surface area contributed by atoms with Gasteiger partial charge >= 0.3 is 0 Å². The number of halogens is 1. The first kappa shape index (κ1) is 20.0. The van der Waals surface area contributed by atoms with Crippen molar-refractivity contribution in [2.75, 3.05) is 19.5 Å². The molecule has 0 fully saturated rings. The second-order valence-electron chi connectivity index (χ2n) is 7.16. The van der Waals surface area contributed by atoms with Gasteiger partial charge in [-0.25, -0.2) is 15.0 Å². The van der Waals surface area contributed by atoms with E-state index in [-0.39, 0.29) is 0 Å². The third-order valence-corrected chi connectivity index (χ3v) is 5.57. The largest absolute Gasteiger partial charge is 0.497 e. The number of pyridine rings is 1. The number of fused-ring (bicyclic) bond motifs is 2. The highest BCUT2D eigenvalue weighted by Crippen LogP contribution is 2.35. The molecular formula is C25H19ClN4O2. The number of aromatic nitrogens is 3. The molecule has 3 aromatic carbocycles. The summed E-state index contributed by atoms with van der Waals surface area (Å²) >= 11 is 6.53. The first-order valence-corrected chi connectivity index (χ1v) is 10.3. The average Bonchev–Trinajstić information content (AvgIpc) is 2.84. The lowest BCUT2D eigenvalue weighted by molar-refractivity contribution is 0.397. The summed E-state index contributed by atoms with van der Waals surface area (Å²) in [5, 5.41) is 5.86. The Balaban J connectivity index is 1.57. The second-order valence-corrected chi connectivity index (χ2v) is 7.56. The molecule has 0 aliphatic carbocycles. The van der Waals surface area contributed by atoms with E-state index in [1.165, 1.54) is 6.33 Å². The second kappa shape index (κ2) is 8.32. The minimum absolute atomic E-state index is 0.613. The lowest BCUT2D eigenvalue weighted by atomic mass is 10.1. The van der Waals surface area contributed by atoms with Gasteiger partial charge in [-0.2, -0.15) is 0 Å². The van der Waals surface area contributed by atoms with E-state index in [1.807, 2.05) is 60.7 Å². The predicted molar refractivity (Wildman–Crippen MR) is 128 cm³/mol. The van der Waals surface area contributed by atoms with Gasteiger partial charge < -0.3 is 14.8 Å². The monoisotopic (exact) mass is 442 g/mol. The summed E-state index contributed by atoms with van der Waals surface area (Å²) in [5.74, 6) is 1.90. The zero-order chi connectivity index (χ0) is 22.1.